The number of nitrogens with zero attached hydrogens (tertiary/aromatic N) is 2. The van der Waals surface area contributed by atoms with Gasteiger partial charge in [-0.1, -0.05) is 13.8 Å². The van der Waals surface area contributed by atoms with Crippen LogP contribution in [0.25, 0.3) is 0 Å². The minimum atomic E-state index is -0.765. The number of hydrogen-bond acceptors (Lipinski definition) is 3. The van der Waals surface area contributed by atoms with Gasteiger partial charge in [0.2, 0.25) is 0 Å². The van der Waals surface area contributed by atoms with E-state index >= 15 is 0 Å². The second-order valence-electron chi connectivity index (χ2n) is 6.87. The zero-order valence-corrected chi connectivity index (χ0v) is 12.9. The number of aliphatic hydroxyl groups is 1. The Morgan fingerprint density at radius 2 is 2.00 bits per heavy atom. The van der Waals surface area contributed by atoms with Crippen LogP contribution in [0.1, 0.15) is 55.7 Å². The molecule has 2 rings (SSSR count). The van der Waals surface area contributed by atoms with E-state index in [0.29, 0.717) is 17.7 Å². The van der Waals surface area contributed by atoms with Gasteiger partial charge in [-0.2, -0.15) is 5.10 Å². The minimum Gasteiger partial charge on any atom is -0.388 e. The van der Waals surface area contributed by atoms with Gasteiger partial charge < -0.3 is 10.4 Å². The van der Waals surface area contributed by atoms with E-state index in [1.807, 2.05) is 6.92 Å². The highest BCUT2D eigenvalue weighted by Gasteiger charge is 2.36. The maximum atomic E-state index is 12.1. The van der Waals surface area contributed by atoms with Crippen molar-refractivity contribution in [2.75, 3.05) is 6.54 Å². The summed E-state index contributed by atoms with van der Waals surface area (Å²) in [6, 6.07) is 1.75. The maximum Gasteiger partial charge on any atom is 0.269 e. The van der Waals surface area contributed by atoms with Crippen LogP contribution < -0.4 is 5.32 Å². The van der Waals surface area contributed by atoms with E-state index < -0.39 is 5.60 Å². The predicted molar refractivity (Wildman–Crippen MR) is 77.5 cm³/mol. The first-order chi connectivity index (χ1) is 9.21. The van der Waals surface area contributed by atoms with Crippen molar-refractivity contribution in [2.45, 2.75) is 52.1 Å². The second-order valence-corrected chi connectivity index (χ2v) is 6.87. The van der Waals surface area contributed by atoms with Crippen LogP contribution in [0.2, 0.25) is 0 Å². The summed E-state index contributed by atoms with van der Waals surface area (Å²) in [6.07, 6.45) is 3.46. The summed E-state index contributed by atoms with van der Waals surface area (Å²) < 4.78 is 1.57. The molecule has 1 fully saturated rings. The van der Waals surface area contributed by atoms with Crippen LogP contribution in [-0.2, 0) is 7.05 Å². The third kappa shape index (κ3) is 3.39. The lowest BCUT2D eigenvalue weighted by Crippen LogP contribution is -2.46. The summed E-state index contributed by atoms with van der Waals surface area (Å²) in [6.45, 7) is 6.62. The number of aromatic nitrogens is 2. The normalized spacial score (nSPS) is 20.6. The molecular weight excluding hydrogens is 254 g/mol. The van der Waals surface area contributed by atoms with Gasteiger partial charge >= 0.3 is 0 Å². The van der Waals surface area contributed by atoms with Crippen molar-refractivity contribution in [3.8, 4) is 0 Å². The molecule has 0 atom stereocenters. The highest BCUT2D eigenvalue weighted by atomic mass is 16.3. The molecular formula is C15H25N3O2. The Hall–Kier alpha value is -1.36. The van der Waals surface area contributed by atoms with E-state index in [4.69, 9.17) is 0 Å². The van der Waals surface area contributed by atoms with E-state index in [0.717, 1.165) is 31.4 Å². The quantitative estimate of drug-likeness (QED) is 0.886. The molecule has 1 amide bonds. The topological polar surface area (TPSA) is 67.2 Å². The lowest BCUT2D eigenvalue weighted by molar-refractivity contribution is -0.0233. The number of hydrogen-bond donors (Lipinski definition) is 2. The molecule has 0 aliphatic heterocycles. The van der Waals surface area contributed by atoms with Crippen LogP contribution in [0.5, 0.6) is 0 Å². The average molecular weight is 279 g/mol. The number of aryl methyl sites for hydroxylation is 2. The van der Waals surface area contributed by atoms with Crippen molar-refractivity contribution < 1.29 is 9.90 Å². The molecule has 0 radical (unpaired) electrons. The second kappa shape index (κ2) is 5.20. The van der Waals surface area contributed by atoms with Crippen molar-refractivity contribution in [3.05, 3.63) is 17.5 Å². The fourth-order valence-corrected chi connectivity index (χ4v) is 2.73. The SMILES string of the molecule is Cc1cc(C(=O)NCC2(O)CCC(C)(C)CC2)n(C)n1. The minimum absolute atomic E-state index is 0.175. The van der Waals surface area contributed by atoms with E-state index in [2.05, 4.69) is 24.3 Å². The van der Waals surface area contributed by atoms with Crippen LogP contribution in [0, 0.1) is 12.3 Å². The Bertz CT molecular complexity index is 495. The first-order valence-corrected chi connectivity index (χ1v) is 7.22. The molecule has 20 heavy (non-hydrogen) atoms. The van der Waals surface area contributed by atoms with E-state index in [-0.39, 0.29) is 5.91 Å². The van der Waals surface area contributed by atoms with Gasteiger partial charge in [-0.25, -0.2) is 0 Å². The van der Waals surface area contributed by atoms with Gasteiger partial charge in [0, 0.05) is 13.6 Å². The molecule has 1 aliphatic rings. The van der Waals surface area contributed by atoms with Crippen molar-refractivity contribution >= 4 is 5.91 Å². The molecule has 2 N–H and O–H groups in total. The molecule has 1 aliphatic carbocycles. The van der Waals surface area contributed by atoms with E-state index in [9.17, 15) is 9.90 Å². The summed E-state index contributed by atoms with van der Waals surface area (Å²) in [7, 11) is 1.75. The lowest BCUT2D eigenvalue weighted by atomic mass is 9.71. The zero-order valence-electron chi connectivity index (χ0n) is 12.9. The number of carbonyl (C=O) groups is 1. The molecule has 0 aromatic carbocycles. The molecule has 1 heterocycles. The summed E-state index contributed by atoms with van der Waals surface area (Å²) in [4.78, 5) is 12.1. The van der Waals surface area contributed by atoms with Crippen molar-refractivity contribution in [2.24, 2.45) is 12.5 Å². The van der Waals surface area contributed by atoms with Gasteiger partial charge in [0.15, 0.2) is 0 Å². The van der Waals surface area contributed by atoms with Gasteiger partial charge in [0.25, 0.3) is 5.91 Å². The summed E-state index contributed by atoms with van der Waals surface area (Å²) in [5, 5.41) is 17.5. The molecule has 1 aromatic rings. The molecule has 1 aromatic heterocycles. The lowest BCUT2D eigenvalue weighted by Gasteiger charge is -2.40. The van der Waals surface area contributed by atoms with E-state index in [1.165, 1.54) is 0 Å². The average Bonchev–Trinajstić information content (AvgIpc) is 2.70. The molecule has 1 saturated carbocycles. The van der Waals surface area contributed by atoms with Gasteiger partial charge in [-0.3, -0.25) is 9.48 Å². The molecule has 0 unspecified atom stereocenters. The fraction of sp³-hybridized carbons (Fsp3) is 0.733. The number of amides is 1. The number of carbonyl (C=O) groups excluding carboxylic acids is 1. The Labute approximate surface area is 120 Å². The van der Waals surface area contributed by atoms with E-state index in [1.54, 1.807) is 17.8 Å². The van der Waals surface area contributed by atoms with Crippen LogP contribution in [-0.4, -0.2) is 32.9 Å². The Kier molecular flexibility index (Phi) is 3.91. The van der Waals surface area contributed by atoms with Crippen molar-refractivity contribution in [1.29, 1.82) is 0 Å². The first kappa shape index (κ1) is 15.0. The molecule has 0 bridgehead atoms. The van der Waals surface area contributed by atoms with Gasteiger partial charge in [-0.15, -0.1) is 0 Å². The summed E-state index contributed by atoms with van der Waals surface area (Å²) in [5.74, 6) is -0.175. The van der Waals surface area contributed by atoms with Crippen LogP contribution in [0.3, 0.4) is 0 Å². The van der Waals surface area contributed by atoms with Crippen LogP contribution in [0.4, 0.5) is 0 Å². The monoisotopic (exact) mass is 279 g/mol. The summed E-state index contributed by atoms with van der Waals surface area (Å²) >= 11 is 0. The zero-order chi connectivity index (χ0) is 15.0. The highest BCUT2D eigenvalue weighted by molar-refractivity contribution is 5.92. The predicted octanol–water partition coefficient (Wildman–Crippen LogP) is 1.79. The third-order valence-corrected chi connectivity index (χ3v) is 4.35. The molecule has 112 valence electrons. The third-order valence-electron chi connectivity index (χ3n) is 4.35. The molecule has 0 saturated heterocycles. The standard InChI is InChI=1S/C15H25N3O2/c1-11-9-12(18(4)17-11)13(19)16-10-15(20)7-5-14(2,3)6-8-15/h9,20H,5-8,10H2,1-4H3,(H,16,19). The van der Waals surface area contributed by atoms with Crippen LogP contribution >= 0.6 is 0 Å². The Balaban J connectivity index is 1.92. The first-order valence-electron chi connectivity index (χ1n) is 7.22. The molecule has 0 spiro atoms. The summed E-state index contributed by atoms with van der Waals surface area (Å²) in [5.41, 5.74) is 0.881. The van der Waals surface area contributed by atoms with Crippen molar-refractivity contribution in [3.63, 3.8) is 0 Å². The molecule has 5 nitrogen and oxygen atoms in total. The van der Waals surface area contributed by atoms with Gasteiger partial charge in [0.05, 0.1) is 11.3 Å². The maximum absolute atomic E-state index is 12.1. The van der Waals surface area contributed by atoms with Gasteiger partial charge in [0.1, 0.15) is 5.69 Å². The fourth-order valence-electron chi connectivity index (χ4n) is 2.73. The number of rotatable bonds is 3. The van der Waals surface area contributed by atoms with Gasteiger partial charge in [-0.05, 0) is 44.1 Å². The smallest absolute Gasteiger partial charge is 0.269 e. The highest BCUT2D eigenvalue weighted by Crippen LogP contribution is 2.39. The molecule has 5 heteroatoms. The Morgan fingerprint density at radius 1 is 1.40 bits per heavy atom. The van der Waals surface area contributed by atoms with Crippen molar-refractivity contribution in [1.82, 2.24) is 15.1 Å². The Morgan fingerprint density at radius 3 is 2.50 bits per heavy atom. The number of nitrogens with one attached hydrogen (secondary N) is 1. The largest absolute Gasteiger partial charge is 0.388 e. The van der Waals surface area contributed by atoms with Crippen LogP contribution in [0.15, 0.2) is 6.07 Å².